The van der Waals surface area contributed by atoms with E-state index in [-0.39, 0.29) is 12.4 Å². The SMILES string of the molecule is CNCCN(C=O)CCN(CC#N)Cc1cccc(-c2ccc(Oc3ccc(F)cc3)cc2)n1. The van der Waals surface area contributed by atoms with Crippen LogP contribution in [-0.2, 0) is 11.3 Å². The van der Waals surface area contributed by atoms with Crippen LogP contribution in [-0.4, -0.2) is 61.0 Å². The van der Waals surface area contributed by atoms with E-state index in [4.69, 9.17) is 9.72 Å². The molecule has 1 heterocycles. The van der Waals surface area contributed by atoms with Gasteiger partial charge in [-0.15, -0.1) is 0 Å². The molecule has 3 rings (SSSR count). The highest BCUT2D eigenvalue weighted by molar-refractivity contribution is 5.60. The zero-order valence-corrected chi connectivity index (χ0v) is 19.2. The van der Waals surface area contributed by atoms with Gasteiger partial charge < -0.3 is 15.0 Å². The number of rotatable bonds is 13. The number of nitrogens with zero attached hydrogens (tertiary/aromatic N) is 4. The van der Waals surface area contributed by atoms with Gasteiger partial charge in [0.1, 0.15) is 17.3 Å². The highest BCUT2D eigenvalue weighted by Gasteiger charge is 2.10. The topological polar surface area (TPSA) is 81.5 Å². The van der Waals surface area contributed by atoms with Crippen molar-refractivity contribution in [1.29, 1.82) is 5.26 Å². The van der Waals surface area contributed by atoms with E-state index in [2.05, 4.69) is 11.4 Å². The van der Waals surface area contributed by atoms with Crippen molar-refractivity contribution in [2.45, 2.75) is 6.54 Å². The molecule has 0 saturated carbocycles. The summed E-state index contributed by atoms with van der Waals surface area (Å²) < 4.78 is 18.8. The predicted molar refractivity (Wildman–Crippen MR) is 129 cm³/mol. The van der Waals surface area contributed by atoms with E-state index in [1.807, 2.05) is 54.4 Å². The summed E-state index contributed by atoms with van der Waals surface area (Å²) >= 11 is 0. The minimum Gasteiger partial charge on any atom is -0.457 e. The first-order chi connectivity index (χ1) is 16.6. The Morgan fingerprint density at radius 3 is 2.38 bits per heavy atom. The van der Waals surface area contributed by atoms with Crippen LogP contribution in [0.3, 0.4) is 0 Å². The van der Waals surface area contributed by atoms with Crippen LogP contribution in [0.25, 0.3) is 11.3 Å². The van der Waals surface area contributed by atoms with Crippen molar-refractivity contribution >= 4 is 6.41 Å². The average molecular weight is 462 g/mol. The number of amides is 1. The second-order valence-electron chi connectivity index (χ2n) is 7.71. The van der Waals surface area contributed by atoms with Gasteiger partial charge >= 0.3 is 0 Å². The zero-order valence-electron chi connectivity index (χ0n) is 19.2. The van der Waals surface area contributed by atoms with Crippen molar-refractivity contribution in [3.63, 3.8) is 0 Å². The summed E-state index contributed by atoms with van der Waals surface area (Å²) in [5, 5.41) is 12.2. The number of likely N-dealkylation sites (N-methyl/N-ethyl adjacent to an activating group) is 1. The summed E-state index contributed by atoms with van der Waals surface area (Å²) in [6.07, 6.45) is 0.838. The maximum atomic E-state index is 13.1. The van der Waals surface area contributed by atoms with Crippen LogP contribution in [0.15, 0.2) is 66.7 Å². The van der Waals surface area contributed by atoms with E-state index < -0.39 is 0 Å². The maximum Gasteiger partial charge on any atom is 0.209 e. The van der Waals surface area contributed by atoms with Crippen LogP contribution in [0.5, 0.6) is 11.5 Å². The Morgan fingerprint density at radius 2 is 1.74 bits per heavy atom. The fraction of sp³-hybridized carbons (Fsp3) is 0.269. The zero-order chi connectivity index (χ0) is 24.2. The first-order valence-corrected chi connectivity index (χ1v) is 11.0. The lowest BCUT2D eigenvalue weighted by atomic mass is 10.1. The van der Waals surface area contributed by atoms with Gasteiger partial charge in [0.05, 0.1) is 24.0 Å². The predicted octanol–water partition coefficient (Wildman–Crippen LogP) is 3.68. The molecule has 0 saturated heterocycles. The average Bonchev–Trinajstić information content (AvgIpc) is 2.86. The lowest BCUT2D eigenvalue weighted by molar-refractivity contribution is -0.118. The molecule has 0 spiro atoms. The number of aromatic nitrogens is 1. The molecule has 34 heavy (non-hydrogen) atoms. The van der Waals surface area contributed by atoms with Crippen molar-refractivity contribution in [1.82, 2.24) is 20.1 Å². The van der Waals surface area contributed by atoms with Gasteiger partial charge in [-0.25, -0.2) is 4.39 Å². The third kappa shape index (κ3) is 7.66. The van der Waals surface area contributed by atoms with E-state index in [0.29, 0.717) is 44.2 Å². The fourth-order valence-corrected chi connectivity index (χ4v) is 3.35. The summed E-state index contributed by atoms with van der Waals surface area (Å²) in [6.45, 7) is 3.22. The van der Waals surface area contributed by atoms with Gasteiger partial charge in [-0.3, -0.25) is 14.7 Å². The van der Waals surface area contributed by atoms with Crippen LogP contribution in [0.4, 0.5) is 4.39 Å². The first-order valence-electron chi connectivity index (χ1n) is 11.0. The Bertz CT molecular complexity index is 1080. The van der Waals surface area contributed by atoms with Crippen molar-refractivity contribution in [3.05, 3.63) is 78.2 Å². The molecule has 1 amide bonds. The van der Waals surface area contributed by atoms with Crippen molar-refractivity contribution in [3.8, 4) is 28.8 Å². The van der Waals surface area contributed by atoms with E-state index in [9.17, 15) is 14.4 Å². The van der Waals surface area contributed by atoms with Gasteiger partial charge in [0.2, 0.25) is 6.41 Å². The Kier molecular flexibility index (Phi) is 9.52. The molecular formula is C26H28FN5O2. The number of pyridine rings is 1. The third-order valence-electron chi connectivity index (χ3n) is 5.19. The normalized spacial score (nSPS) is 10.6. The number of benzene rings is 2. The van der Waals surface area contributed by atoms with Gasteiger partial charge in [-0.2, -0.15) is 5.26 Å². The van der Waals surface area contributed by atoms with E-state index in [0.717, 1.165) is 23.4 Å². The quantitative estimate of drug-likeness (QED) is 0.309. The molecule has 2 aromatic carbocycles. The summed E-state index contributed by atoms with van der Waals surface area (Å²) in [5.74, 6) is 0.896. The lowest BCUT2D eigenvalue weighted by Crippen LogP contribution is -2.37. The molecular weight excluding hydrogens is 433 g/mol. The minimum atomic E-state index is -0.308. The van der Waals surface area contributed by atoms with Gasteiger partial charge in [-0.1, -0.05) is 6.07 Å². The van der Waals surface area contributed by atoms with E-state index in [1.165, 1.54) is 12.1 Å². The molecule has 0 atom stereocenters. The van der Waals surface area contributed by atoms with Crippen LogP contribution in [0.1, 0.15) is 5.69 Å². The van der Waals surface area contributed by atoms with Gasteiger partial charge in [0.25, 0.3) is 0 Å². The number of ether oxygens (including phenoxy) is 1. The molecule has 0 aliphatic rings. The molecule has 0 radical (unpaired) electrons. The summed E-state index contributed by atoms with van der Waals surface area (Å²) in [6, 6.07) is 21.4. The molecule has 0 bridgehead atoms. The molecule has 1 aromatic heterocycles. The number of hydrogen-bond donors (Lipinski definition) is 1. The summed E-state index contributed by atoms with van der Waals surface area (Å²) in [7, 11) is 1.84. The van der Waals surface area contributed by atoms with Crippen LogP contribution in [0.2, 0.25) is 0 Å². The highest BCUT2D eigenvalue weighted by atomic mass is 19.1. The van der Waals surface area contributed by atoms with Crippen molar-refractivity contribution < 1.29 is 13.9 Å². The number of nitriles is 1. The first kappa shape index (κ1) is 24.8. The smallest absolute Gasteiger partial charge is 0.209 e. The van der Waals surface area contributed by atoms with E-state index in [1.54, 1.807) is 17.0 Å². The summed E-state index contributed by atoms with van der Waals surface area (Å²) in [5.41, 5.74) is 2.58. The Morgan fingerprint density at radius 1 is 1.03 bits per heavy atom. The highest BCUT2D eigenvalue weighted by Crippen LogP contribution is 2.25. The molecule has 0 fully saturated rings. The van der Waals surface area contributed by atoms with E-state index >= 15 is 0 Å². The Hall–Kier alpha value is -3.80. The van der Waals surface area contributed by atoms with Gasteiger partial charge in [0.15, 0.2) is 0 Å². The van der Waals surface area contributed by atoms with Gasteiger partial charge in [-0.05, 0) is 67.7 Å². The number of carbonyl (C=O) groups is 1. The Balaban J connectivity index is 1.63. The van der Waals surface area contributed by atoms with Crippen LogP contribution >= 0.6 is 0 Å². The molecule has 176 valence electrons. The van der Waals surface area contributed by atoms with Crippen molar-refractivity contribution in [2.75, 3.05) is 39.8 Å². The van der Waals surface area contributed by atoms with Gasteiger partial charge in [0, 0.05) is 38.3 Å². The molecule has 3 aromatic rings. The molecule has 8 heteroatoms. The van der Waals surface area contributed by atoms with Crippen LogP contribution < -0.4 is 10.1 Å². The van der Waals surface area contributed by atoms with Crippen LogP contribution in [0, 0.1) is 17.1 Å². The fourth-order valence-electron chi connectivity index (χ4n) is 3.35. The molecule has 1 N–H and O–H groups in total. The number of halogens is 1. The third-order valence-corrected chi connectivity index (χ3v) is 5.19. The standard InChI is InChI=1S/C26H28FN5O2/c1-29-14-16-32(20-33)18-17-31(15-13-28)19-23-3-2-4-26(30-23)21-5-9-24(10-6-21)34-25-11-7-22(27)8-12-25/h2-12,20,29H,14-19H2,1H3. The molecule has 0 unspecified atom stereocenters. The molecule has 0 aliphatic carbocycles. The Labute approximate surface area is 199 Å². The maximum absolute atomic E-state index is 13.1. The molecule has 0 aliphatic heterocycles. The number of carbonyl (C=O) groups excluding carboxylic acids is 1. The lowest BCUT2D eigenvalue weighted by Gasteiger charge is -2.23. The number of nitrogens with one attached hydrogen (secondary N) is 1. The monoisotopic (exact) mass is 461 g/mol. The second kappa shape index (κ2) is 13.0. The number of hydrogen-bond acceptors (Lipinski definition) is 6. The van der Waals surface area contributed by atoms with Crippen molar-refractivity contribution in [2.24, 2.45) is 0 Å². The second-order valence-corrected chi connectivity index (χ2v) is 7.71. The molecule has 7 nitrogen and oxygen atoms in total. The largest absolute Gasteiger partial charge is 0.457 e. The summed E-state index contributed by atoms with van der Waals surface area (Å²) in [4.78, 5) is 19.7. The minimum absolute atomic E-state index is 0.250.